The van der Waals surface area contributed by atoms with E-state index in [1.54, 1.807) is 0 Å². The van der Waals surface area contributed by atoms with Crippen LogP contribution in [0.15, 0.2) is 24.4 Å². The highest BCUT2D eigenvalue weighted by molar-refractivity contribution is 5.03. The summed E-state index contributed by atoms with van der Waals surface area (Å²) in [7, 11) is 0. The molecule has 96 valence electrons. The molecule has 17 heavy (non-hydrogen) atoms. The van der Waals surface area contributed by atoms with E-state index in [0.717, 1.165) is 18.7 Å². The van der Waals surface area contributed by atoms with Gasteiger partial charge in [0.2, 0.25) is 0 Å². The summed E-state index contributed by atoms with van der Waals surface area (Å²) in [6.07, 6.45) is 4.02. The molecular formula is C15H26N2. The van der Waals surface area contributed by atoms with Gasteiger partial charge < -0.3 is 5.32 Å². The topological polar surface area (TPSA) is 24.9 Å². The molecule has 0 unspecified atom stereocenters. The molecule has 0 saturated heterocycles. The van der Waals surface area contributed by atoms with Crippen LogP contribution in [0.25, 0.3) is 0 Å². The number of pyridine rings is 1. The summed E-state index contributed by atoms with van der Waals surface area (Å²) in [4.78, 5) is 4.33. The first-order valence-electron chi connectivity index (χ1n) is 6.43. The van der Waals surface area contributed by atoms with Crippen LogP contribution in [0.1, 0.15) is 46.7 Å². The molecule has 2 nitrogen and oxygen atoms in total. The van der Waals surface area contributed by atoms with Crippen molar-refractivity contribution in [3.05, 3.63) is 30.1 Å². The summed E-state index contributed by atoms with van der Waals surface area (Å²) in [6.45, 7) is 12.4. The molecule has 0 atom stereocenters. The maximum absolute atomic E-state index is 4.33. The first-order valence-corrected chi connectivity index (χ1v) is 6.43. The van der Waals surface area contributed by atoms with Crippen LogP contribution in [0.5, 0.6) is 0 Å². The van der Waals surface area contributed by atoms with Gasteiger partial charge in [0.1, 0.15) is 0 Å². The van der Waals surface area contributed by atoms with Gasteiger partial charge in [-0.1, -0.05) is 26.8 Å². The lowest BCUT2D eigenvalue weighted by molar-refractivity contribution is 0.243. The van der Waals surface area contributed by atoms with Gasteiger partial charge in [0, 0.05) is 30.4 Å². The van der Waals surface area contributed by atoms with Crippen molar-refractivity contribution in [2.24, 2.45) is 5.41 Å². The van der Waals surface area contributed by atoms with Crippen LogP contribution in [-0.2, 0) is 6.42 Å². The van der Waals surface area contributed by atoms with Gasteiger partial charge in [-0.2, -0.15) is 0 Å². The summed E-state index contributed by atoms with van der Waals surface area (Å²) in [5.74, 6) is 0. The molecule has 1 aromatic rings. The van der Waals surface area contributed by atoms with Crippen LogP contribution in [0.2, 0.25) is 0 Å². The largest absolute Gasteiger partial charge is 0.311 e. The smallest absolute Gasteiger partial charge is 0.0416 e. The summed E-state index contributed by atoms with van der Waals surface area (Å²) < 4.78 is 0. The molecule has 1 N–H and O–H groups in total. The number of nitrogens with one attached hydrogen (secondary N) is 1. The Kier molecular flexibility index (Phi) is 4.70. The summed E-state index contributed by atoms with van der Waals surface area (Å²) in [5, 5.41) is 3.62. The normalized spacial score (nSPS) is 12.8. The van der Waals surface area contributed by atoms with E-state index in [0.29, 0.717) is 5.41 Å². The summed E-state index contributed by atoms with van der Waals surface area (Å²) in [6, 6.07) is 6.08. The van der Waals surface area contributed by atoms with Gasteiger partial charge >= 0.3 is 0 Å². The van der Waals surface area contributed by atoms with E-state index in [-0.39, 0.29) is 5.54 Å². The number of hydrogen-bond donors (Lipinski definition) is 1. The Balaban J connectivity index is 2.35. The van der Waals surface area contributed by atoms with E-state index < -0.39 is 0 Å². The highest BCUT2D eigenvalue weighted by Gasteiger charge is 2.24. The van der Waals surface area contributed by atoms with E-state index in [4.69, 9.17) is 0 Å². The average Bonchev–Trinajstić information content (AvgIpc) is 2.15. The van der Waals surface area contributed by atoms with Gasteiger partial charge in [-0.3, -0.25) is 4.98 Å². The zero-order valence-corrected chi connectivity index (χ0v) is 11.9. The molecule has 0 amide bonds. The Hall–Kier alpha value is -0.890. The molecule has 0 bridgehead atoms. The van der Waals surface area contributed by atoms with Crippen LogP contribution in [0.3, 0.4) is 0 Å². The Labute approximate surface area is 106 Å². The molecule has 1 rings (SSSR count). The number of rotatable bonds is 5. The monoisotopic (exact) mass is 234 g/mol. The minimum atomic E-state index is 0.188. The van der Waals surface area contributed by atoms with Gasteiger partial charge in [0.15, 0.2) is 0 Å². The SMILES string of the molecule is CC(C)(C)CC(C)(C)NCCc1ccccn1. The first-order chi connectivity index (χ1) is 7.79. The Morgan fingerprint density at radius 1 is 1.12 bits per heavy atom. The maximum atomic E-state index is 4.33. The third kappa shape index (κ3) is 6.42. The Morgan fingerprint density at radius 2 is 1.82 bits per heavy atom. The van der Waals surface area contributed by atoms with Crippen molar-refractivity contribution >= 4 is 0 Å². The Morgan fingerprint density at radius 3 is 2.35 bits per heavy atom. The van der Waals surface area contributed by atoms with Gasteiger partial charge in [0.25, 0.3) is 0 Å². The van der Waals surface area contributed by atoms with Crippen molar-refractivity contribution in [1.82, 2.24) is 10.3 Å². The lowest BCUT2D eigenvalue weighted by Crippen LogP contribution is -2.43. The fourth-order valence-corrected chi connectivity index (χ4v) is 2.46. The standard InChI is InChI=1S/C15H26N2/c1-14(2,3)12-15(4,5)17-11-9-13-8-6-7-10-16-13/h6-8,10,17H,9,11-12H2,1-5H3. The maximum Gasteiger partial charge on any atom is 0.0416 e. The molecule has 0 aliphatic heterocycles. The van der Waals surface area contributed by atoms with Crippen LogP contribution >= 0.6 is 0 Å². The highest BCUT2D eigenvalue weighted by atomic mass is 15.0. The molecule has 0 radical (unpaired) electrons. The molecule has 0 aromatic carbocycles. The molecule has 0 spiro atoms. The van der Waals surface area contributed by atoms with E-state index in [2.05, 4.69) is 51.0 Å². The highest BCUT2D eigenvalue weighted by Crippen LogP contribution is 2.26. The average molecular weight is 234 g/mol. The van der Waals surface area contributed by atoms with Gasteiger partial charge in [-0.25, -0.2) is 0 Å². The van der Waals surface area contributed by atoms with Gasteiger partial charge in [0.05, 0.1) is 0 Å². The van der Waals surface area contributed by atoms with Crippen molar-refractivity contribution in [3.63, 3.8) is 0 Å². The van der Waals surface area contributed by atoms with E-state index >= 15 is 0 Å². The van der Waals surface area contributed by atoms with Crippen molar-refractivity contribution in [2.45, 2.75) is 53.0 Å². The third-order valence-electron chi connectivity index (χ3n) is 2.68. The van der Waals surface area contributed by atoms with Gasteiger partial charge in [-0.05, 0) is 37.8 Å². The van der Waals surface area contributed by atoms with Crippen molar-refractivity contribution in [3.8, 4) is 0 Å². The van der Waals surface area contributed by atoms with Crippen LogP contribution in [-0.4, -0.2) is 17.1 Å². The molecule has 0 aliphatic rings. The predicted octanol–water partition coefficient (Wildman–Crippen LogP) is 3.43. The molecule has 2 heteroatoms. The second-order valence-electron chi connectivity index (χ2n) is 6.62. The van der Waals surface area contributed by atoms with Crippen molar-refractivity contribution in [1.29, 1.82) is 0 Å². The first kappa shape index (κ1) is 14.2. The molecule has 1 heterocycles. The summed E-state index contributed by atoms with van der Waals surface area (Å²) in [5.41, 5.74) is 1.71. The van der Waals surface area contributed by atoms with E-state index in [9.17, 15) is 0 Å². The second-order valence-corrected chi connectivity index (χ2v) is 6.62. The molecule has 0 fully saturated rings. The fourth-order valence-electron chi connectivity index (χ4n) is 2.46. The van der Waals surface area contributed by atoms with Crippen LogP contribution in [0.4, 0.5) is 0 Å². The zero-order valence-electron chi connectivity index (χ0n) is 11.9. The third-order valence-corrected chi connectivity index (χ3v) is 2.68. The summed E-state index contributed by atoms with van der Waals surface area (Å²) >= 11 is 0. The number of nitrogens with zero attached hydrogens (tertiary/aromatic N) is 1. The minimum Gasteiger partial charge on any atom is -0.311 e. The number of hydrogen-bond acceptors (Lipinski definition) is 2. The molecular weight excluding hydrogens is 208 g/mol. The Bertz CT molecular complexity index is 323. The lowest BCUT2D eigenvalue weighted by Gasteiger charge is -2.33. The van der Waals surface area contributed by atoms with Crippen LogP contribution < -0.4 is 5.32 Å². The fraction of sp³-hybridized carbons (Fsp3) is 0.667. The zero-order chi connectivity index (χ0) is 12.9. The second kappa shape index (κ2) is 5.63. The number of aromatic nitrogens is 1. The lowest BCUT2D eigenvalue weighted by atomic mass is 9.82. The van der Waals surface area contributed by atoms with Crippen molar-refractivity contribution < 1.29 is 0 Å². The predicted molar refractivity (Wildman–Crippen MR) is 74.1 cm³/mol. The molecule has 1 aromatic heterocycles. The molecule has 0 aliphatic carbocycles. The van der Waals surface area contributed by atoms with Gasteiger partial charge in [-0.15, -0.1) is 0 Å². The quantitative estimate of drug-likeness (QED) is 0.844. The van der Waals surface area contributed by atoms with Crippen molar-refractivity contribution in [2.75, 3.05) is 6.54 Å². The van der Waals surface area contributed by atoms with E-state index in [1.165, 1.54) is 6.42 Å². The molecule has 0 saturated carbocycles. The minimum absolute atomic E-state index is 0.188. The van der Waals surface area contributed by atoms with Crippen LogP contribution in [0, 0.1) is 5.41 Å². The van der Waals surface area contributed by atoms with E-state index in [1.807, 2.05) is 18.3 Å².